The maximum Gasteiger partial charge on any atom is 0.257 e. The number of hydrogen-bond donors (Lipinski definition) is 1. The average molecular weight is 391 g/mol. The van der Waals surface area contributed by atoms with E-state index in [1.54, 1.807) is 30.5 Å². The van der Waals surface area contributed by atoms with E-state index in [4.69, 9.17) is 4.42 Å². The van der Waals surface area contributed by atoms with Gasteiger partial charge in [-0.2, -0.15) is 0 Å². The van der Waals surface area contributed by atoms with E-state index in [-0.39, 0.29) is 5.91 Å². The fourth-order valence-corrected chi connectivity index (χ4v) is 3.26. The Balaban J connectivity index is 1.39. The van der Waals surface area contributed by atoms with Gasteiger partial charge < -0.3 is 9.73 Å². The highest BCUT2D eigenvalue weighted by Crippen LogP contribution is 2.28. The molecule has 2 aromatic heterocycles. The van der Waals surface area contributed by atoms with Crippen molar-refractivity contribution in [1.29, 1.82) is 0 Å². The summed E-state index contributed by atoms with van der Waals surface area (Å²) >= 11 is 0. The molecule has 1 N–H and O–H groups in total. The van der Waals surface area contributed by atoms with Crippen molar-refractivity contribution in [2.45, 2.75) is 0 Å². The lowest BCUT2D eigenvalue weighted by Gasteiger charge is -2.04. The zero-order chi connectivity index (χ0) is 20.3. The Kier molecular flexibility index (Phi) is 4.54. The number of fused-ring (bicyclic) bond motifs is 1. The highest BCUT2D eigenvalue weighted by molar-refractivity contribution is 6.04. The van der Waals surface area contributed by atoms with Crippen molar-refractivity contribution in [3.05, 3.63) is 103 Å². The summed E-state index contributed by atoms with van der Waals surface area (Å²) in [6, 6.07) is 27.2. The summed E-state index contributed by atoms with van der Waals surface area (Å²) in [5.41, 5.74) is 5.68. The first kappa shape index (κ1) is 17.8. The molecule has 3 aromatic carbocycles. The molecule has 0 spiro atoms. The Labute approximate surface area is 173 Å². The van der Waals surface area contributed by atoms with E-state index in [2.05, 4.69) is 39.6 Å². The van der Waals surface area contributed by atoms with Crippen molar-refractivity contribution >= 4 is 22.7 Å². The molecule has 30 heavy (non-hydrogen) atoms. The molecule has 5 aromatic rings. The van der Waals surface area contributed by atoms with Crippen LogP contribution in [0, 0.1) is 0 Å². The van der Waals surface area contributed by atoms with Crippen LogP contribution in [0.3, 0.4) is 0 Å². The topological polar surface area (TPSA) is 68.0 Å². The minimum absolute atomic E-state index is 0.220. The first-order valence-electron chi connectivity index (χ1n) is 9.54. The van der Waals surface area contributed by atoms with Crippen molar-refractivity contribution in [1.82, 2.24) is 9.97 Å². The summed E-state index contributed by atoms with van der Waals surface area (Å²) in [4.78, 5) is 20.9. The molecular weight excluding hydrogens is 374 g/mol. The summed E-state index contributed by atoms with van der Waals surface area (Å²) in [5.74, 6) is 0.322. The van der Waals surface area contributed by atoms with Gasteiger partial charge in [-0.3, -0.25) is 9.78 Å². The molecule has 0 atom stereocenters. The Morgan fingerprint density at radius 2 is 1.57 bits per heavy atom. The molecule has 0 bridgehead atoms. The summed E-state index contributed by atoms with van der Waals surface area (Å²) in [6.07, 6.45) is 3.16. The predicted octanol–water partition coefficient (Wildman–Crippen LogP) is 5.81. The second-order valence-corrected chi connectivity index (χ2v) is 6.84. The van der Waals surface area contributed by atoms with Crippen molar-refractivity contribution in [3.63, 3.8) is 0 Å². The van der Waals surface area contributed by atoms with E-state index in [9.17, 15) is 4.79 Å². The van der Waals surface area contributed by atoms with Crippen LogP contribution in [0.1, 0.15) is 10.4 Å². The van der Waals surface area contributed by atoms with Crippen LogP contribution in [0.4, 0.5) is 5.69 Å². The number of nitrogens with one attached hydrogen (secondary N) is 1. The standard InChI is InChI=1S/C25H17N3O2/c29-24(20-7-4-14-26-16-20)27-21-12-13-23-22(15-21)28-25(30-23)19-10-8-18(9-11-19)17-5-2-1-3-6-17/h1-16H,(H,27,29). The molecule has 0 fully saturated rings. The first-order chi connectivity index (χ1) is 14.8. The van der Waals surface area contributed by atoms with E-state index < -0.39 is 0 Å². The smallest absolute Gasteiger partial charge is 0.257 e. The third kappa shape index (κ3) is 3.56. The largest absolute Gasteiger partial charge is 0.436 e. The predicted molar refractivity (Wildman–Crippen MR) is 117 cm³/mol. The van der Waals surface area contributed by atoms with E-state index >= 15 is 0 Å². The number of carbonyl (C=O) groups is 1. The van der Waals surface area contributed by atoms with Crippen LogP contribution in [0.25, 0.3) is 33.7 Å². The summed E-state index contributed by atoms with van der Waals surface area (Å²) in [7, 11) is 0. The Morgan fingerprint density at radius 3 is 2.33 bits per heavy atom. The van der Waals surface area contributed by atoms with Gasteiger partial charge in [-0.25, -0.2) is 4.98 Å². The van der Waals surface area contributed by atoms with Gasteiger partial charge in [0.05, 0.1) is 5.56 Å². The average Bonchev–Trinajstić information content (AvgIpc) is 3.24. The number of nitrogens with zero attached hydrogens (tertiary/aromatic N) is 2. The molecule has 0 radical (unpaired) electrons. The van der Waals surface area contributed by atoms with Gasteiger partial charge in [0.1, 0.15) is 5.52 Å². The van der Waals surface area contributed by atoms with Crippen LogP contribution in [0.15, 0.2) is 102 Å². The number of carbonyl (C=O) groups excluding carboxylic acids is 1. The molecule has 0 saturated carbocycles. The molecule has 5 heteroatoms. The van der Waals surface area contributed by atoms with Crippen molar-refractivity contribution in [2.24, 2.45) is 0 Å². The highest BCUT2D eigenvalue weighted by atomic mass is 16.3. The zero-order valence-corrected chi connectivity index (χ0v) is 15.9. The number of oxazole rings is 1. The van der Waals surface area contributed by atoms with Crippen LogP contribution in [0.5, 0.6) is 0 Å². The fourth-order valence-electron chi connectivity index (χ4n) is 3.26. The molecule has 2 heterocycles. The van der Waals surface area contributed by atoms with Crippen molar-refractivity contribution in [3.8, 4) is 22.6 Å². The van der Waals surface area contributed by atoms with Gasteiger partial charge in [0.25, 0.3) is 5.91 Å². The van der Waals surface area contributed by atoms with Crippen LogP contribution in [0.2, 0.25) is 0 Å². The molecule has 1 amide bonds. The number of aromatic nitrogens is 2. The molecule has 0 aliphatic carbocycles. The molecule has 5 nitrogen and oxygen atoms in total. The quantitative estimate of drug-likeness (QED) is 0.420. The van der Waals surface area contributed by atoms with E-state index in [1.807, 2.05) is 36.4 Å². The lowest BCUT2D eigenvalue weighted by molar-refractivity contribution is 0.102. The summed E-state index contributed by atoms with van der Waals surface area (Å²) in [6.45, 7) is 0. The van der Waals surface area contributed by atoms with Crippen LogP contribution in [-0.2, 0) is 0 Å². The number of pyridine rings is 1. The third-order valence-electron chi connectivity index (χ3n) is 4.81. The van der Waals surface area contributed by atoms with Gasteiger partial charge in [0.2, 0.25) is 5.89 Å². The van der Waals surface area contributed by atoms with Crippen LogP contribution < -0.4 is 5.32 Å². The van der Waals surface area contributed by atoms with Gasteiger partial charge in [0.15, 0.2) is 5.58 Å². The molecule has 144 valence electrons. The number of hydrogen-bond acceptors (Lipinski definition) is 4. The first-order valence-corrected chi connectivity index (χ1v) is 9.54. The number of amides is 1. The molecule has 5 rings (SSSR count). The van der Waals surface area contributed by atoms with Gasteiger partial charge in [-0.05, 0) is 53.6 Å². The molecule has 0 saturated heterocycles. The minimum Gasteiger partial charge on any atom is -0.436 e. The zero-order valence-electron chi connectivity index (χ0n) is 15.9. The highest BCUT2D eigenvalue weighted by Gasteiger charge is 2.11. The second-order valence-electron chi connectivity index (χ2n) is 6.84. The Bertz CT molecular complexity index is 1310. The van der Waals surface area contributed by atoms with Gasteiger partial charge in [-0.15, -0.1) is 0 Å². The molecule has 0 aliphatic rings. The monoisotopic (exact) mass is 391 g/mol. The van der Waals surface area contributed by atoms with E-state index in [0.29, 0.717) is 28.2 Å². The number of rotatable bonds is 4. The van der Waals surface area contributed by atoms with E-state index in [0.717, 1.165) is 16.7 Å². The molecule has 0 unspecified atom stereocenters. The molecular formula is C25H17N3O2. The second kappa shape index (κ2) is 7.64. The maximum absolute atomic E-state index is 12.3. The summed E-state index contributed by atoms with van der Waals surface area (Å²) < 4.78 is 5.91. The minimum atomic E-state index is -0.220. The third-order valence-corrected chi connectivity index (χ3v) is 4.81. The fraction of sp³-hybridized carbons (Fsp3) is 0. The van der Waals surface area contributed by atoms with Crippen LogP contribution >= 0.6 is 0 Å². The number of anilines is 1. The molecule has 0 aliphatic heterocycles. The van der Waals surface area contributed by atoms with Gasteiger partial charge in [-0.1, -0.05) is 42.5 Å². The number of benzene rings is 3. The van der Waals surface area contributed by atoms with E-state index in [1.165, 1.54) is 6.20 Å². The normalized spacial score (nSPS) is 10.8. The lowest BCUT2D eigenvalue weighted by Crippen LogP contribution is -2.11. The van der Waals surface area contributed by atoms with Crippen molar-refractivity contribution in [2.75, 3.05) is 5.32 Å². The Hall–Kier alpha value is -4.25. The van der Waals surface area contributed by atoms with Gasteiger partial charge in [0, 0.05) is 23.6 Å². The SMILES string of the molecule is O=C(Nc1ccc2oc(-c3ccc(-c4ccccc4)cc3)nc2c1)c1cccnc1. The van der Waals surface area contributed by atoms with Crippen LogP contribution in [-0.4, -0.2) is 15.9 Å². The maximum atomic E-state index is 12.3. The van der Waals surface area contributed by atoms with Gasteiger partial charge >= 0.3 is 0 Å². The van der Waals surface area contributed by atoms with Crippen molar-refractivity contribution < 1.29 is 9.21 Å². The summed E-state index contributed by atoms with van der Waals surface area (Å²) in [5, 5.41) is 2.86. The lowest BCUT2D eigenvalue weighted by atomic mass is 10.0. The Morgan fingerprint density at radius 1 is 0.800 bits per heavy atom.